The minimum absolute atomic E-state index is 0.533. The van der Waals surface area contributed by atoms with Crippen LogP contribution in [-0.2, 0) is 6.42 Å². The first kappa shape index (κ1) is 8.97. The van der Waals surface area contributed by atoms with Crippen molar-refractivity contribution in [3.8, 4) is 0 Å². The molecule has 1 atom stereocenters. The van der Waals surface area contributed by atoms with Crippen LogP contribution in [-0.4, -0.2) is 6.54 Å². The lowest BCUT2D eigenvalue weighted by molar-refractivity contribution is 0.508. The number of benzene rings is 1. The molecule has 1 nitrogen and oxygen atoms in total. The molecule has 0 saturated carbocycles. The van der Waals surface area contributed by atoms with Crippen molar-refractivity contribution in [1.29, 1.82) is 0 Å². The maximum Gasteiger partial charge on any atom is 0.0366 e. The van der Waals surface area contributed by atoms with Crippen molar-refractivity contribution in [3.05, 3.63) is 46.5 Å². The maximum atomic E-state index is 3.80. The Labute approximate surface area is 87.0 Å². The lowest BCUT2D eigenvalue weighted by Crippen LogP contribution is -2.31. The predicted octanol–water partition coefficient (Wildman–Crippen LogP) is 2.78. The molecule has 0 saturated heterocycles. The molecule has 0 fully saturated rings. The molecule has 0 amide bonds. The van der Waals surface area contributed by atoms with E-state index in [1.165, 1.54) is 11.1 Å². The van der Waals surface area contributed by atoms with Crippen LogP contribution in [0, 0.1) is 0 Å². The summed E-state index contributed by atoms with van der Waals surface area (Å²) in [5, 5.41) is 3.43. The van der Waals surface area contributed by atoms with Crippen molar-refractivity contribution in [1.82, 2.24) is 5.32 Å². The van der Waals surface area contributed by atoms with Crippen LogP contribution in [0.3, 0.4) is 0 Å². The Bertz CT molecular complexity index is 333. The van der Waals surface area contributed by atoms with Gasteiger partial charge in [-0.05, 0) is 17.5 Å². The van der Waals surface area contributed by atoms with Gasteiger partial charge in [-0.1, -0.05) is 46.8 Å². The number of hydrogen-bond donors (Lipinski definition) is 1. The molecule has 1 unspecified atom stereocenters. The highest BCUT2D eigenvalue weighted by molar-refractivity contribution is 9.11. The fourth-order valence-corrected chi connectivity index (χ4v) is 1.84. The van der Waals surface area contributed by atoms with Crippen molar-refractivity contribution >= 4 is 15.9 Å². The Hall–Kier alpha value is -0.600. The highest BCUT2D eigenvalue weighted by atomic mass is 79.9. The second kappa shape index (κ2) is 3.64. The van der Waals surface area contributed by atoms with Gasteiger partial charge in [-0.25, -0.2) is 0 Å². The fourth-order valence-electron chi connectivity index (χ4n) is 1.67. The highest BCUT2D eigenvalue weighted by Gasteiger charge is 2.24. The number of nitrogens with one attached hydrogen (secondary N) is 1. The van der Waals surface area contributed by atoms with Gasteiger partial charge in [-0.2, -0.15) is 0 Å². The van der Waals surface area contributed by atoms with E-state index in [9.17, 15) is 0 Å². The van der Waals surface area contributed by atoms with Gasteiger partial charge in [-0.3, -0.25) is 0 Å². The fraction of sp³-hybridized carbons (Fsp3) is 0.273. The van der Waals surface area contributed by atoms with Crippen LogP contribution in [0.4, 0.5) is 0 Å². The number of rotatable bonds is 3. The Kier molecular flexibility index (Phi) is 2.51. The molecule has 0 aliphatic heterocycles. The number of halogens is 1. The van der Waals surface area contributed by atoms with Gasteiger partial charge in [0, 0.05) is 17.1 Å². The minimum atomic E-state index is 0.533. The SMILES string of the molecule is C=C(Br)CNC1Cc2ccccc21. The molecule has 0 heterocycles. The van der Waals surface area contributed by atoms with Crippen LogP contribution in [0.25, 0.3) is 0 Å². The second-order valence-corrected chi connectivity index (χ2v) is 4.48. The van der Waals surface area contributed by atoms with Crippen LogP contribution in [0.2, 0.25) is 0 Å². The lowest BCUT2D eigenvalue weighted by atomic mass is 9.83. The smallest absolute Gasteiger partial charge is 0.0366 e. The zero-order valence-corrected chi connectivity index (χ0v) is 8.97. The Balaban J connectivity index is 1.98. The highest BCUT2D eigenvalue weighted by Crippen LogP contribution is 2.32. The molecule has 0 aromatic heterocycles. The van der Waals surface area contributed by atoms with Gasteiger partial charge >= 0.3 is 0 Å². The average molecular weight is 238 g/mol. The molecule has 1 N–H and O–H groups in total. The first-order valence-electron chi connectivity index (χ1n) is 4.42. The van der Waals surface area contributed by atoms with Gasteiger partial charge in [0.1, 0.15) is 0 Å². The summed E-state index contributed by atoms with van der Waals surface area (Å²) in [6, 6.07) is 9.10. The van der Waals surface area contributed by atoms with Gasteiger partial charge in [0.2, 0.25) is 0 Å². The molecule has 68 valence electrons. The topological polar surface area (TPSA) is 12.0 Å². The number of hydrogen-bond acceptors (Lipinski definition) is 1. The summed E-state index contributed by atoms with van der Waals surface area (Å²) in [6.07, 6.45) is 1.15. The van der Waals surface area contributed by atoms with Crippen molar-refractivity contribution in [2.75, 3.05) is 6.54 Å². The van der Waals surface area contributed by atoms with Gasteiger partial charge < -0.3 is 5.32 Å². The van der Waals surface area contributed by atoms with Crippen LogP contribution < -0.4 is 5.32 Å². The molecule has 1 aromatic rings. The third-order valence-corrected chi connectivity index (χ3v) is 2.68. The minimum Gasteiger partial charge on any atom is -0.305 e. The van der Waals surface area contributed by atoms with E-state index in [0.717, 1.165) is 17.4 Å². The van der Waals surface area contributed by atoms with E-state index in [0.29, 0.717) is 6.04 Å². The van der Waals surface area contributed by atoms with Crippen molar-refractivity contribution in [2.24, 2.45) is 0 Å². The van der Waals surface area contributed by atoms with E-state index in [1.807, 2.05) is 0 Å². The summed E-state index contributed by atoms with van der Waals surface area (Å²) in [6.45, 7) is 4.64. The molecule has 0 bridgehead atoms. The second-order valence-electron chi connectivity index (χ2n) is 3.35. The molecular formula is C11H12BrN. The molecule has 1 aliphatic rings. The van der Waals surface area contributed by atoms with E-state index in [4.69, 9.17) is 0 Å². The molecular weight excluding hydrogens is 226 g/mol. The Morgan fingerprint density at radius 3 is 3.00 bits per heavy atom. The van der Waals surface area contributed by atoms with Gasteiger partial charge in [0.15, 0.2) is 0 Å². The van der Waals surface area contributed by atoms with Gasteiger partial charge in [-0.15, -0.1) is 0 Å². The molecule has 2 heteroatoms. The third-order valence-electron chi connectivity index (χ3n) is 2.39. The summed E-state index contributed by atoms with van der Waals surface area (Å²) in [5.41, 5.74) is 2.91. The molecule has 2 rings (SSSR count). The lowest BCUT2D eigenvalue weighted by Gasteiger charge is -2.30. The summed E-state index contributed by atoms with van der Waals surface area (Å²) in [4.78, 5) is 0. The van der Waals surface area contributed by atoms with E-state index in [1.54, 1.807) is 0 Å². The molecule has 1 aliphatic carbocycles. The van der Waals surface area contributed by atoms with Gasteiger partial charge in [0.25, 0.3) is 0 Å². The summed E-state index contributed by atoms with van der Waals surface area (Å²) in [7, 11) is 0. The third kappa shape index (κ3) is 1.84. The monoisotopic (exact) mass is 237 g/mol. The van der Waals surface area contributed by atoms with Crippen molar-refractivity contribution in [2.45, 2.75) is 12.5 Å². The Morgan fingerprint density at radius 1 is 1.54 bits per heavy atom. The van der Waals surface area contributed by atoms with Crippen LogP contribution in [0.15, 0.2) is 35.3 Å². The van der Waals surface area contributed by atoms with Crippen molar-refractivity contribution < 1.29 is 0 Å². The van der Waals surface area contributed by atoms with Crippen LogP contribution in [0.1, 0.15) is 17.2 Å². The number of fused-ring (bicyclic) bond motifs is 1. The average Bonchev–Trinajstić information content (AvgIpc) is 2.06. The summed E-state index contributed by atoms with van der Waals surface area (Å²) < 4.78 is 1.01. The first-order valence-corrected chi connectivity index (χ1v) is 5.21. The van der Waals surface area contributed by atoms with E-state index < -0.39 is 0 Å². The molecule has 1 aromatic carbocycles. The normalized spacial score (nSPS) is 19.0. The van der Waals surface area contributed by atoms with E-state index in [-0.39, 0.29) is 0 Å². The summed E-state index contributed by atoms with van der Waals surface area (Å²) >= 11 is 3.34. The zero-order valence-electron chi connectivity index (χ0n) is 7.39. The largest absolute Gasteiger partial charge is 0.305 e. The van der Waals surface area contributed by atoms with Crippen LogP contribution in [0.5, 0.6) is 0 Å². The molecule has 0 radical (unpaired) electrons. The molecule has 0 spiro atoms. The quantitative estimate of drug-likeness (QED) is 0.853. The molecule has 13 heavy (non-hydrogen) atoms. The first-order chi connectivity index (χ1) is 6.27. The van der Waals surface area contributed by atoms with Gasteiger partial charge in [0.05, 0.1) is 0 Å². The Morgan fingerprint density at radius 2 is 2.31 bits per heavy atom. The maximum absolute atomic E-state index is 3.80. The summed E-state index contributed by atoms with van der Waals surface area (Å²) in [5.74, 6) is 0. The van der Waals surface area contributed by atoms with E-state index >= 15 is 0 Å². The van der Waals surface area contributed by atoms with Crippen molar-refractivity contribution in [3.63, 3.8) is 0 Å². The standard InChI is InChI=1S/C11H12BrN/c1-8(12)7-13-11-6-9-4-2-3-5-10(9)11/h2-5,11,13H,1,6-7H2. The van der Waals surface area contributed by atoms with Crippen LogP contribution >= 0.6 is 15.9 Å². The zero-order chi connectivity index (χ0) is 9.26. The predicted molar refractivity (Wildman–Crippen MR) is 59.0 cm³/mol. The van der Waals surface area contributed by atoms with E-state index in [2.05, 4.69) is 52.1 Å².